The van der Waals surface area contributed by atoms with Crippen molar-refractivity contribution in [3.05, 3.63) is 41.1 Å². The molecule has 1 aliphatic carbocycles. The van der Waals surface area contributed by atoms with Crippen LogP contribution in [-0.2, 0) is 19.9 Å². The number of quaternary nitrogens is 1. The molecule has 3 aliphatic heterocycles. The highest BCUT2D eigenvalue weighted by Gasteiger charge is 2.56. The summed E-state index contributed by atoms with van der Waals surface area (Å²) in [5.74, 6) is -4.73. The molecule has 0 aromatic carbocycles. The van der Waals surface area contributed by atoms with E-state index in [1.165, 1.54) is 30.1 Å². The summed E-state index contributed by atoms with van der Waals surface area (Å²) in [6.45, 7) is 2.26. The maximum Gasteiger partial charge on any atom is 0.343 e. The van der Waals surface area contributed by atoms with E-state index in [9.17, 15) is 23.5 Å². The number of fused-ring (bicyclic) bond motifs is 3. The molecule has 1 amide bonds. The zero-order valence-corrected chi connectivity index (χ0v) is 20.1. The Hall–Kier alpha value is -2.50. The van der Waals surface area contributed by atoms with Crippen LogP contribution in [0.2, 0.25) is 0 Å². The molecule has 1 saturated carbocycles. The normalized spacial score (nSPS) is 31.0. The molecule has 4 fully saturated rings. The number of amides is 1. The first-order valence-electron chi connectivity index (χ1n) is 11.9. The Morgan fingerprint density at radius 1 is 1.26 bits per heavy atom. The minimum atomic E-state index is -2.91. The molecule has 0 spiro atoms. The number of anilines is 1. The quantitative estimate of drug-likeness (QED) is 0.442. The average Bonchev–Trinajstić information content (AvgIpc) is 3.50. The van der Waals surface area contributed by atoms with Crippen LogP contribution in [0.3, 0.4) is 0 Å². The Labute approximate surface area is 205 Å². The first kappa shape index (κ1) is 24.2. The second-order valence-electron chi connectivity index (χ2n) is 10.2. The second-order valence-corrected chi connectivity index (χ2v) is 10.9. The van der Waals surface area contributed by atoms with Crippen molar-refractivity contribution in [1.29, 1.82) is 0 Å². The number of halogens is 2. The standard InChI is InChI=1S/C24H28F2N4O4S/c25-23(26)5-1-17(9-23)24(33,18-4-8-35-14-18)22(32)34-20-12-30(6-2-16(20)3-7-30)13-21(31)29-19-10-27-15-28-11-19/h4,8,10-11,14-17,20,33H,1-3,5-7,9,12-13H2/p+1/t16?,17?,20?,24-,30?/m1/s1. The fourth-order valence-corrected chi connectivity index (χ4v) is 6.69. The van der Waals surface area contributed by atoms with Gasteiger partial charge in [0, 0.05) is 43.1 Å². The minimum absolute atomic E-state index is 0.0475. The SMILES string of the molecule is O=C(C[N+]12CCC(CC1)C(OC(=O)[C@](O)(c1ccsc1)C1CCC(F)(F)C1)C2)Nc1cncnc1. The topological polar surface area (TPSA) is 101 Å². The van der Waals surface area contributed by atoms with Gasteiger partial charge in [0.15, 0.2) is 18.2 Å². The number of thiophene rings is 1. The smallest absolute Gasteiger partial charge is 0.343 e. The number of alkyl halides is 2. The summed E-state index contributed by atoms with van der Waals surface area (Å²) in [4.78, 5) is 34.0. The molecule has 35 heavy (non-hydrogen) atoms. The number of hydrogen-bond donors (Lipinski definition) is 2. The summed E-state index contributed by atoms with van der Waals surface area (Å²) in [6, 6.07) is 1.60. The van der Waals surface area contributed by atoms with Gasteiger partial charge in [-0.25, -0.2) is 23.5 Å². The second kappa shape index (κ2) is 9.18. The lowest BCUT2D eigenvalue weighted by atomic mass is 9.80. The van der Waals surface area contributed by atoms with Crippen molar-refractivity contribution in [3.63, 3.8) is 0 Å². The van der Waals surface area contributed by atoms with Crippen LogP contribution < -0.4 is 5.32 Å². The van der Waals surface area contributed by atoms with Gasteiger partial charge < -0.3 is 19.6 Å². The fourth-order valence-electron chi connectivity index (χ4n) is 5.98. The van der Waals surface area contributed by atoms with E-state index in [4.69, 9.17) is 4.74 Å². The molecule has 2 unspecified atom stereocenters. The molecule has 2 aromatic rings. The van der Waals surface area contributed by atoms with E-state index in [1.807, 2.05) is 0 Å². The molecule has 8 nitrogen and oxygen atoms in total. The molecule has 2 aromatic heterocycles. The highest BCUT2D eigenvalue weighted by molar-refractivity contribution is 7.08. The summed E-state index contributed by atoms with van der Waals surface area (Å²) in [5.41, 5.74) is -1.29. The molecule has 3 atom stereocenters. The van der Waals surface area contributed by atoms with Crippen molar-refractivity contribution in [1.82, 2.24) is 9.97 Å². The molecule has 188 valence electrons. The summed E-state index contributed by atoms with van der Waals surface area (Å²) in [5, 5.41) is 17.7. The van der Waals surface area contributed by atoms with Crippen LogP contribution in [-0.4, -0.2) is 69.6 Å². The van der Waals surface area contributed by atoms with Crippen molar-refractivity contribution < 1.29 is 32.7 Å². The number of aliphatic hydroxyl groups is 1. The Kier molecular flexibility index (Phi) is 6.35. The van der Waals surface area contributed by atoms with Crippen molar-refractivity contribution in [2.75, 3.05) is 31.5 Å². The van der Waals surface area contributed by atoms with Crippen molar-refractivity contribution in [2.24, 2.45) is 11.8 Å². The van der Waals surface area contributed by atoms with Crippen LogP contribution in [0, 0.1) is 11.8 Å². The lowest BCUT2D eigenvalue weighted by Crippen LogP contribution is -2.66. The molecule has 11 heteroatoms. The van der Waals surface area contributed by atoms with Crippen molar-refractivity contribution in [2.45, 2.75) is 49.7 Å². The molecular weight excluding hydrogens is 478 g/mol. The molecular formula is C24H29F2N4O4S+. The lowest BCUT2D eigenvalue weighted by Gasteiger charge is -2.51. The Morgan fingerprint density at radius 3 is 2.63 bits per heavy atom. The maximum absolute atomic E-state index is 14.0. The largest absolute Gasteiger partial charge is 0.454 e. The summed E-state index contributed by atoms with van der Waals surface area (Å²) in [7, 11) is 0. The van der Waals surface area contributed by atoms with Gasteiger partial charge in [-0.05, 0) is 23.2 Å². The van der Waals surface area contributed by atoms with E-state index >= 15 is 0 Å². The monoisotopic (exact) mass is 507 g/mol. The van der Waals surface area contributed by atoms with E-state index in [1.54, 1.807) is 16.8 Å². The number of carbonyl (C=O) groups is 2. The first-order chi connectivity index (χ1) is 16.7. The fraction of sp³-hybridized carbons (Fsp3) is 0.583. The third-order valence-electron chi connectivity index (χ3n) is 7.89. The minimum Gasteiger partial charge on any atom is -0.454 e. The number of aromatic nitrogens is 2. The van der Waals surface area contributed by atoms with E-state index < -0.39 is 35.9 Å². The highest BCUT2D eigenvalue weighted by atomic mass is 32.1. The lowest BCUT2D eigenvalue weighted by molar-refractivity contribution is -0.939. The third kappa shape index (κ3) is 4.81. The van der Waals surface area contributed by atoms with Gasteiger partial charge in [-0.15, -0.1) is 0 Å². The van der Waals surface area contributed by atoms with E-state index in [0.29, 0.717) is 22.3 Å². The molecule has 3 saturated heterocycles. The van der Waals surface area contributed by atoms with Crippen LogP contribution in [0.15, 0.2) is 35.5 Å². The van der Waals surface area contributed by atoms with Crippen LogP contribution in [0.5, 0.6) is 0 Å². The van der Waals surface area contributed by atoms with Gasteiger partial charge in [0.1, 0.15) is 12.9 Å². The van der Waals surface area contributed by atoms with Gasteiger partial charge in [0.2, 0.25) is 5.92 Å². The summed E-state index contributed by atoms with van der Waals surface area (Å²) >= 11 is 1.30. The Balaban J connectivity index is 1.30. The Morgan fingerprint density at radius 2 is 2.00 bits per heavy atom. The predicted molar refractivity (Wildman–Crippen MR) is 123 cm³/mol. The number of piperidine rings is 3. The Bertz CT molecular complexity index is 1060. The van der Waals surface area contributed by atoms with E-state index in [-0.39, 0.29) is 31.2 Å². The van der Waals surface area contributed by atoms with Crippen LogP contribution in [0.4, 0.5) is 14.5 Å². The molecule has 4 aliphatic rings. The van der Waals surface area contributed by atoms with Gasteiger partial charge in [0.25, 0.3) is 5.91 Å². The number of nitrogens with one attached hydrogen (secondary N) is 1. The van der Waals surface area contributed by atoms with Crippen LogP contribution in [0.1, 0.15) is 37.7 Å². The number of esters is 1. The highest BCUT2D eigenvalue weighted by Crippen LogP contribution is 2.49. The average molecular weight is 508 g/mol. The number of carbonyl (C=O) groups excluding carboxylic acids is 2. The number of hydrogen-bond acceptors (Lipinski definition) is 7. The van der Waals surface area contributed by atoms with Gasteiger partial charge >= 0.3 is 5.97 Å². The summed E-state index contributed by atoms with van der Waals surface area (Å²) in [6.07, 6.45) is 4.67. The summed E-state index contributed by atoms with van der Waals surface area (Å²) < 4.78 is 34.5. The third-order valence-corrected chi connectivity index (χ3v) is 8.57. The van der Waals surface area contributed by atoms with Crippen molar-refractivity contribution >= 4 is 28.9 Å². The molecule has 6 rings (SSSR count). The van der Waals surface area contributed by atoms with Crippen LogP contribution in [0.25, 0.3) is 0 Å². The van der Waals surface area contributed by atoms with Gasteiger partial charge in [0.05, 0.1) is 31.2 Å². The van der Waals surface area contributed by atoms with Crippen LogP contribution >= 0.6 is 11.3 Å². The molecule has 0 radical (unpaired) electrons. The number of ether oxygens (including phenoxy) is 1. The predicted octanol–water partition coefficient (Wildman–Crippen LogP) is 2.95. The number of rotatable bonds is 7. The van der Waals surface area contributed by atoms with E-state index in [0.717, 1.165) is 25.9 Å². The number of nitrogens with zero attached hydrogens (tertiary/aromatic N) is 3. The zero-order chi connectivity index (χ0) is 24.7. The van der Waals surface area contributed by atoms with Crippen molar-refractivity contribution in [3.8, 4) is 0 Å². The van der Waals surface area contributed by atoms with E-state index in [2.05, 4.69) is 15.3 Å². The first-order valence-corrected chi connectivity index (χ1v) is 12.9. The molecule has 2 N–H and O–H groups in total. The maximum atomic E-state index is 14.0. The zero-order valence-electron chi connectivity index (χ0n) is 19.2. The molecule has 5 heterocycles. The van der Waals surface area contributed by atoms with Gasteiger partial charge in [-0.3, -0.25) is 4.79 Å². The van der Waals surface area contributed by atoms with Gasteiger partial charge in [-0.2, -0.15) is 11.3 Å². The van der Waals surface area contributed by atoms with Gasteiger partial charge in [-0.1, -0.05) is 0 Å². The molecule has 2 bridgehead atoms.